The third-order valence-corrected chi connectivity index (χ3v) is 6.51. The molecule has 0 radical (unpaired) electrons. The number of hydrogen-bond acceptors (Lipinski definition) is 6. The van der Waals surface area contributed by atoms with Crippen molar-refractivity contribution in [3.05, 3.63) is 45.1 Å². The molecule has 4 rings (SSSR count). The van der Waals surface area contributed by atoms with Crippen molar-refractivity contribution in [1.29, 1.82) is 0 Å². The van der Waals surface area contributed by atoms with E-state index in [9.17, 15) is 9.90 Å². The maximum Gasteiger partial charge on any atom is 0.268 e. The van der Waals surface area contributed by atoms with Gasteiger partial charge >= 0.3 is 0 Å². The standard InChI is InChI=1S/C21H25N3O3S/c1-23(12-13-25)21-22-19-18(16-6-4-3-5-7-17(16)28-19)20(26)24(21)14-8-10-15(27-2)11-9-14/h8-11,25H,3-7,12-13H2,1-2H3. The summed E-state index contributed by atoms with van der Waals surface area (Å²) in [5.74, 6) is 1.29. The number of aromatic nitrogens is 2. The Morgan fingerprint density at radius 1 is 1.21 bits per heavy atom. The summed E-state index contributed by atoms with van der Waals surface area (Å²) in [4.78, 5) is 22.5. The summed E-state index contributed by atoms with van der Waals surface area (Å²) < 4.78 is 6.91. The van der Waals surface area contributed by atoms with E-state index < -0.39 is 0 Å². The van der Waals surface area contributed by atoms with Crippen molar-refractivity contribution in [2.45, 2.75) is 32.1 Å². The lowest BCUT2D eigenvalue weighted by Gasteiger charge is -2.21. The van der Waals surface area contributed by atoms with Crippen LogP contribution in [0.4, 0.5) is 5.95 Å². The first-order valence-corrected chi connectivity index (χ1v) is 10.5. The SMILES string of the molecule is COc1ccc(-n2c(N(C)CCO)nc3sc4c(c3c2=O)CCCCC4)cc1. The molecule has 2 aromatic heterocycles. The van der Waals surface area contributed by atoms with Gasteiger partial charge in [0.1, 0.15) is 10.6 Å². The zero-order valence-electron chi connectivity index (χ0n) is 16.3. The van der Waals surface area contributed by atoms with Gasteiger partial charge in [-0.2, -0.15) is 0 Å². The van der Waals surface area contributed by atoms with Crippen LogP contribution in [-0.4, -0.2) is 42.0 Å². The van der Waals surface area contributed by atoms with Crippen molar-refractivity contribution in [2.24, 2.45) is 0 Å². The van der Waals surface area contributed by atoms with E-state index >= 15 is 0 Å². The van der Waals surface area contributed by atoms with Gasteiger partial charge in [-0.25, -0.2) is 9.55 Å². The third-order valence-electron chi connectivity index (χ3n) is 5.33. The first-order valence-electron chi connectivity index (χ1n) is 9.67. The molecule has 7 heteroatoms. The lowest BCUT2D eigenvalue weighted by Crippen LogP contribution is -2.31. The van der Waals surface area contributed by atoms with Gasteiger partial charge in [-0.05, 0) is 55.5 Å². The van der Waals surface area contributed by atoms with E-state index in [0.29, 0.717) is 12.5 Å². The van der Waals surface area contributed by atoms with Crippen LogP contribution in [0.2, 0.25) is 0 Å². The number of fused-ring (bicyclic) bond motifs is 3. The summed E-state index contributed by atoms with van der Waals surface area (Å²) in [7, 11) is 3.47. The zero-order chi connectivity index (χ0) is 19.7. The minimum atomic E-state index is -0.0330. The number of nitrogens with zero attached hydrogens (tertiary/aromatic N) is 3. The molecule has 0 bridgehead atoms. The number of ether oxygens (including phenoxy) is 1. The zero-order valence-corrected chi connectivity index (χ0v) is 17.1. The molecule has 1 aliphatic rings. The van der Waals surface area contributed by atoms with Gasteiger partial charge < -0.3 is 14.7 Å². The number of aryl methyl sites for hydroxylation is 2. The number of benzene rings is 1. The maximum absolute atomic E-state index is 13.7. The normalized spacial score (nSPS) is 14.0. The Morgan fingerprint density at radius 2 is 1.96 bits per heavy atom. The Labute approximate surface area is 168 Å². The molecule has 6 nitrogen and oxygen atoms in total. The number of rotatable bonds is 5. The molecule has 148 valence electrons. The van der Waals surface area contributed by atoms with Crippen molar-refractivity contribution in [3.63, 3.8) is 0 Å². The Morgan fingerprint density at radius 3 is 2.68 bits per heavy atom. The highest BCUT2D eigenvalue weighted by Gasteiger charge is 2.23. The van der Waals surface area contributed by atoms with E-state index in [1.807, 2.05) is 36.2 Å². The minimum Gasteiger partial charge on any atom is -0.497 e. The molecule has 28 heavy (non-hydrogen) atoms. The molecule has 0 aliphatic heterocycles. The average molecular weight is 400 g/mol. The first-order chi connectivity index (χ1) is 13.6. The molecule has 2 heterocycles. The van der Waals surface area contributed by atoms with Crippen molar-refractivity contribution < 1.29 is 9.84 Å². The molecule has 3 aromatic rings. The molecule has 0 saturated heterocycles. The van der Waals surface area contributed by atoms with Gasteiger partial charge in [-0.3, -0.25) is 4.79 Å². The summed E-state index contributed by atoms with van der Waals surface area (Å²) in [5, 5.41) is 10.2. The van der Waals surface area contributed by atoms with E-state index in [-0.39, 0.29) is 12.2 Å². The van der Waals surface area contributed by atoms with Gasteiger partial charge in [0.25, 0.3) is 5.56 Å². The number of aliphatic hydroxyl groups is 1. The van der Waals surface area contributed by atoms with Crippen LogP contribution >= 0.6 is 11.3 Å². The highest BCUT2D eigenvalue weighted by atomic mass is 32.1. The topological polar surface area (TPSA) is 67.6 Å². The average Bonchev–Trinajstić information content (AvgIpc) is 2.90. The van der Waals surface area contributed by atoms with Crippen LogP contribution in [-0.2, 0) is 12.8 Å². The molecule has 0 unspecified atom stereocenters. The second-order valence-corrected chi connectivity index (χ2v) is 8.22. The third kappa shape index (κ3) is 3.29. The van der Waals surface area contributed by atoms with E-state index in [1.165, 1.54) is 23.3 Å². The van der Waals surface area contributed by atoms with Crippen molar-refractivity contribution in [3.8, 4) is 11.4 Å². The Balaban J connectivity index is 1.98. The molecular weight excluding hydrogens is 374 g/mol. The molecule has 1 N–H and O–H groups in total. The molecular formula is C21H25N3O3S. The second-order valence-electron chi connectivity index (χ2n) is 7.14. The largest absolute Gasteiger partial charge is 0.497 e. The Bertz CT molecular complexity index is 1040. The van der Waals surface area contributed by atoms with Gasteiger partial charge in [-0.1, -0.05) is 6.42 Å². The summed E-state index contributed by atoms with van der Waals surface area (Å²) in [6, 6.07) is 7.43. The monoisotopic (exact) mass is 399 g/mol. The molecule has 1 aliphatic carbocycles. The Hall–Kier alpha value is -2.38. The molecule has 0 spiro atoms. The van der Waals surface area contributed by atoms with Crippen LogP contribution in [0.1, 0.15) is 29.7 Å². The number of methoxy groups -OCH3 is 1. The molecule has 0 fully saturated rings. The summed E-state index contributed by atoms with van der Waals surface area (Å²) in [6.45, 7) is 0.396. The molecule has 0 amide bonds. The molecule has 0 atom stereocenters. The molecule has 1 aromatic carbocycles. The van der Waals surface area contributed by atoms with Gasteiger partial charge in [-0.15, -0.1) is 11.3 Å². The van der Waals surface area contributed by atoms with Crippen LogP contribution in [0.3, 0.4) is 0 Å². The van der Waals surface area contributed by atoms with E-state index in [2.05, 4.69) is 0 Å². The van der Waals surface area contributed by atoms with E-state index in [1.54, 1.807) is 23.0 Å². The fraction of sp³-hybridized carbons (Fsp3) is 0.429. The predicted octanol–water partition coefficient (Wildman–Crippen LogP) is 3.15. The highest BCUT2D eigenvalue weighted by molar-refractivity contribution is 7.18. The lowest BCUT2D eigenvalue weighted by atomic mass is 10.1. The van der Waals surface area contributed by atoms with Crippen LogP contribution < -0.4 is 15.2 Å². The smallest absolute Gasteiger partial charge is 0.268 e. The maximum atomic E-state index is 13.7. The summed E-state index contributed by atoms with van der Waals surface area (Å²) >= 11 is 1.65. The van der Waals surface area contributed by atoms with Gasteiger partial charge in [0.05, 0.1) is 24.8 Å². The van der Waals surface area contributed by atoms with E-state index in [0.717, 1.165) is 40.9 Å². The minimum absolute atomic E-state index is 0.00599. The van der Waals surface area contributed by atoms with Gasteiger partial charge in [0.2, 0.25) is 5.95 Å². The van der Waals surface area contributed by atoms with Crippen molar-refractivity contribution in [1.82, 2.24) is 9.55 Å². The Kier molecular flexibility index (Phi) is 5.37. The van der Waals surface area contributed by atoms with Crippen LogP contribution in [0.15, 0.2) is 29.1 Å². The lowest BCUT2D eigenvalue weighted by molar-refractivity contribution is 0.303. The fourth-order valence-corrected chi connectivity index (χ4v) is 5.09. The highest BCUT2D eigenvalue weighted by Crippen LogP contribution is 2.34. The van der Waals surface area contributed by atoms with Crippen LogP contribution in [0, 0.1) is 0 Å². The predicted molar refractivity (Wildman–Crippen MR) is 113 cm³/mol. The summed E-state index contributed by atoms with van der Waals surface area (Å²) in [6.07, 6.45) is 5.47. The first kappa shape index (κ1) is 19.0. The second kappa shape index (κ2) is 7.93. The number of hydrogen-bond donors (Lipinski definition) is 1. The number of anilines is 1. The summed E-state index contributed by atoms with van der Waals surface area (Å²) in [5.41, 5.74) is 1.90. The van der Waals surface area contributed by atoms with Gasteiger partial charge in [0, 0.05) is 18.5 Å². The van der Waals surface area contributed by atoms with Crippen molar-refractivity contribution in [2.75, 3.05) is 32.2 Å². The number of thiophene rings is 1. The van der Waals surface area contributed by atoms with Gasteiger partial charge in [0.15, 0.2) is 0 Å². The quantitative estimate of drug-likeness (QED) is 0.668. The van der Waals surface area contributed by atoms with Crippen LogP contribution in [0.5, 0.6) is 5.75 Å². The molecule has 0 saturated carbocycles. The fourth-order valence-electron chi connectivity index (χ4n) is 3.84. The van der Waals surface area contributed by atoms with Crippen LogP contribution in [0.25, 0.3) is 15.9 Å². The van der Waals surface area contributed by atoms with E-state index in [4.69, 9.17) is 9.72 Å². The van der Waals surface area contributed by atoms with Crippen molar-refractivity contribution >= 4 is 27.5 Å². The number of aliphatic hydroxyl groups excluding tert-OH is 1. The number of likely N-dealkylation sites (N-methyl/N-ethyl adjacent to an activating group) is 1.